The van der Waals surface area contributed by atoms with Crippen molar-refractivity contribution in [1.29, 1.82) is 0 Å². The molecule has 1 aromatic carbocycles. The van der Waals surface area contributed by atoms with Gasteiger partial charge in [-0.1, -0.05) is 45.4 Å². The van der Waals surface area contributed by atoms with Crippen molar-refractivity contribution in [3.8, 4) is 11.5 Å². The third-order valence-electron chi connectivity index (χ3n) is 7.53. The van der Waals surface area contributed by atoms with Crippen LogP contribution in [0, 0.1) is 5.41 Å². The molecule has 0 radical (unpaired) electrons. The van der Waals surface area contributed by atoms with E-state index in [1.54, 1.807) is 0 Å². The Bertz CT molecular complexity index is 867. The van der Waals surface area contributed by atoms with Crippen molar-refractivity contribution in [3.63, 3.8) is 0 Å². The Hall–Kier alpha value is -2.05. The first-order chi connectivity index (χ1) is 17.2. The van der Waals surface area contributed by atoms with Crippen LogP contribution in [0.4, 0.5) is 0 Å². The van der Waals surface area contributed by atoms with E-state index >= 15 is 0 Å². The Balaban J connectivity index is 1.71. The van der Waals surface area contributed by atoms with Gasteiger partial charge >= 0.3 is 0 Å². The lowest BCUT2D eigenvalue weighted by atomic mass is 9.83. The minimum absolute atomic E-state index is 0.0958. The van der Waals surface area contributed by atoms with Gasteiger partial charge in [-0.25, -0.2) is 0 Å². The molecule has 1 amide bonds. The molecule has 1 aromatic rings. The highest BCUT2D eigenvalue weighted by atomic mass is 16.7. The lowest BCUT2D eigenvalue weighted by molar-refractivity contribution is -0.133. The topological polar surface area (TPSA) is 45.3 Å². The van der Waals surface area contributed by atoms with E-state index in [0.29, 0.717) is 25.3 Å². The van der Waals surface area contributed by atoms with E-state index < -0.39 is 0 Å². The lowest BCUT2D eigenvalue weighted by Crippen LogP contribution is -2.44. The Labute approximate surface area is 219 Å². The van der Waals surface area contributed by atoms with Gasteiger partial charge in [0.15, 0.2) is 11.5 Å². The molecule has 0 unspecified atom stereocenters. The first-order valence-corrected chi connectivity index (χ1v) is 13.9. The van der Waals surface area contributed by atoms with Crippen molar-refractivity contribution in [1.82, 2.24) is 14.7 Å². The van der Waals surface area contributed by atoms with Gasteiger partial charge in [-0.15, -0.1) is 0 Å². The summed E-state index contributed by atoms with van der Waals surface area (Å²) in [6, 6.07) is 6.72. The van der Waals surface area contributed by atoms with Crippen molar-refractivity contribution in [3.05, 3.63) is 35.9 Å². The van der Waals surface area contributed by atoms with E-state index in [-0.39, 0.29) is 11.3 Å². The van der Waals surface area contributed by atoms with Crippen molar-refractivity contribution in [2.45, 2.75) is 78.2 Å². The normalized spacial score (nSPS) is 20.1. The number of amides is 1. The molecular weight excluding hydrogens is 450 g/mol. The minimum Gasteiger partial charge on any atom is -0.454 e. The van der Waals surface area contributed by atoms with E-state index in [1.807, 2.05) is 6.07 Å². The third kappa shape index (κ3) is 8.24. The standard InChI is InChI=1S/C30H49N3O3/c1-7-9-16-32(17-11-10-15-31(5)6)29(34)22-33-21-25(18-26(33)20-30(3,4)14-8-2)24-12-13-27-28(19-24)36-23-35-27/h8,12-14,19,25-26H,7,9-11,15-18,20-23H2,1-6H3/t25-,26+/m1/s1. The second-order valence-corrected chi connectivity index (χ2v) is 11.6. The third-order valence-corrected chi connectivity index (χ3v) is 7.53. The molecule has 2 heterocycles. The van der Waals surface area contributed by atoms with E-state index in [1.165, 1.54) is 5.56 Å². The van der Waals surface area contributed by atoms with Crippen LogP contribution in [0.1, 0.15) is 77.7 Å². The number of allylic oxidation sites excluding steroid dienone is 2. The number of nitrogens with zero attached hydrogens (tertiary/aromatic N) is 3. The SMILES string of the molecule is CC=CC(C)(C)C[C@@H]1C[C@@H](c2ccc3c(c2)OCO3)CN1CC(=O)N(CCCC)CCCCN(C)C. The van der Waals surface area contributed by atoms with E-state index in [4.69, 9.17) is 9.47 Å². The predicted molar refractivity (Wildman–Crippen MR) is 148 cm³/mol. The summed E-state index contributed by atoms with van der Waals surface area (Å²) in [6.07, 6.45) is 10.9. The van der Waals surface area contributed by atoms with Gasteiger partial charge < -0.3 is 19.3 Å². The number of carbonyl (C=O) groups excluding carboxylic acids is 1. The van der Waals surface area contributed by atoms with Gasteiger partial charge in [-0.05, 0) is 88.7 Å². The number of carbonyl (C=O) groups is 1. The van der Waals surface area contributed by atoms with Gasteiger partial charge in [-0.3, -0.25) is 9.69 Å². The fourth-order valence-corrected chi connectivity index (χ4v) is 5.64. The number of hydrogen-bond donors (Lipinski definition) is 0. The first-order valence-electron chi connectivity index (χ1n) is 13.9. The van der Waals surface area contributed by atoms with Crippen LogP contribution >= 0.6 is 0 Å². The summed E-state index contributed by atoms with van der Waals surface area (Å²) < 4.78 is 11.2. The van der Waals surface area contributed by atoms with Crippen molar-refractivity contribution >= 4 is 5.91 Å². The van der Waals surface area contributed by atoms with Crippen LogP contribution in [-0.2, 0) is 4.79 Å². The molecule has 202 valence electrons. The van der Waals surface area contributed by atoms with Crippen molar-refractivity contribution < 1.29 is 14.3 Å². The zero-order chi connectivity index (χ0) is 26.1. The predicted octanol–water partition coefficient (Wildman–Crippen LogP) is 5.54. The summed E-state index contributed by atoms with van der Waals surface area (Å²) in [7, 11) is 4.22. The molecule has 0 spiro atoms. The van der Waals surface area contributed by atoms with Gasteiger partial charge in [0.25, 0.3) is 0 Å². The first kappa shape index (κ1) is 28.5. The fourth-order valence-electron chi connectivity index (χ4n) is 5.64. The maximum Gasteiger partial charge on any atom is 0.236 e. The second-order valence-electron chi connectivity index (χ2n) is 11.6. The molecule has 2 aliphatic heterocycles. The number of unbranched alkanes of at least 4 members (excludes halogenated alkanes) is 2. The van der Waals surface area contributed by atoms with Gasteiger partial charge in [0, 0.05) is 25.7 Å². The molecule has 3 rings (SSSR count). The van der Waals surface area contributed by atoms with Crippen LogP contribution in [0.25, 0.3) is 0 Å². The molecule has 2 aliphatic rings. The smallest absolute Gasteiger partial charge is 0.236 e. The van der Waals surface area contributed by atoms with Crippen LogP contribution in [0.15, 0.2) is 30.4 Å². The number of hydrogen-bond acceptors (Lipinski definition) is 5. The number of rotatable bonds is 14. The van der Waals surface area contributed by atoms with E-state index in [9.17, 15) is 4.79 Å². The molecule has 0 bridgehead atoms. The van der Waals surface area contributed by atoms with Crippen molar-refractivity contribution in [2.75, 3.05) is 53.6 Å². The molecule has 0 aromatic heterocycles. The average molecular weight is 500 g/mol. The van der Waals surface area contributed by atoms with E-state index in [2.05, 4.69) is 80.8 Å². The summed E-state index contributed by atoms with van der Waals surface area (Å²) in [6.45, 7) is 13.4. The van der Waals surface area contributed by atoms with Crippen LogP contribution < -0.4 is 9.47 Å². The zero-order valence-corrected chi connectivity index (χ0v) is 23.6. The van der Waals surface area contributed by atoms with E-state index in [0.717, 1.165) is 76.2 Å². The number of benzene rings is 1. The highest BCUT2D eigenvalue weighted by Gasteiger charge is 2.37. The summed E-state index contributed by atoms with van der Waals surface area (Å²) in [5.41, 5.74) is 1.38. The molecule has 6 heteroatoms. The minimum atomic E-state index is 0.0958. The maximum atomic E-state index is 13.6. The number of ether oxygens (including phenoxy) is 2. The molecule has 6 nitrogen and oxygen atoms in total. The quantitative estimate of drug-likeness (QED) is 0.249. The summed E-state index contributed by atoms with van der Waals surface area (Å²) in [4.78, 5) is 20.4. The molecule has 0 N–H and O–H groups in total. The summed E-state index contributed by atoms with van der Waals surface area (Å²) in [5.74, 6) is 2.35. The van der Waals surface area contributed by atoms with Crippen LogP contribution in [0.3, 0.4) is 0 Å². The highest BCUT2D eigenvalue weighted by Crippen LogP contribution is 2.41. The molecule has 1 fully saturated rings. The highest BCUT2D eigenvalue weighted by molar-refractivity contribution is 5.78. The fraction of sp³-hybridized carbons (Fsp3) is 0.700. The molecular formula is C30H49N3O3. The summed E-state index contributed by atoms with van der Waals surface area (Å²) in [5, 5.41) is 0. The molecule has 0 aliphatic carbocycles. The van der Waals surface area contributed by atoms with Gasteiger partial charge in [0.1, 0.15) is 0 Å². The Morgan fingerprint density at radius 2 is 1.83 bits per heavy atom. The van der Waals surface area contributed by atoms with Crippen molar-refractivity contribution in [2.24, 2.45) is 5.41 Å². The maximum absolute atomic E-state index is 13.6. The Morgan fingerprint density at radius 1 is 1.11 bits per heavy atom. The molecule has 0 saturated carbocycles. The Kier molecular flexibility index (Phi) is 10.7. The van der Waals surface area contributed by atoms with Gasteiger partial charge in [-0.2, -0.15) is 0 Å². The molecule has 1 saturated heterocycles. The van der Waals surface area contributed by atoms with Crippen LogP contribution in [0.5, 0.6) is 11.5 Å². The average Bonchev–Trinajstić information content (AvgIpc) is 3.44. The van der Waals surface area contributed by atoms with Crippen LogP contribution in [0.2, 0.25) is 0 Å². The molecule has 2 atom stereocenters. The largest absolute Gasteiger partial charge is 0.454 e. The second kappa shape index (κ2) is 13.5. The van der Waals surface area contributed by atoms with Crippen LogP contribution in [-0.4, -0.2) is 80.3 Å². The lowest BCUT2D eigenvalue weighted by Gasteiger charge is -2.32. The number of likely N-dealkylation sites (tertiary alicyclic amines) is 1. The van der Waals surface area contributed by atoms with Gasteiger partial charge in [0.05, 0.1) is 6.54 Å². The molecule has 36 heavy (non-hydrogen) atoms. The number of fused-ring (bicyclic) bond motifs is 1. The monoisotopic (exact) mass is 499 g/mol. The zero-order valence-electron chi connectivity index (χ0n) is 23.6. The Morgan fingerprint density at radius 3 is 2.56 bits per heavy atom. The summed E-state index contributed by atoms with van der Waals surface area (Å²) >= 11 is 0. The van der Waals surface area contributed by atoms with Gasteiger partial charge in [0.2, 0.25) is 12.7 Å².